The van der Waals surface area contributed by atoms with Gasteiger partial charge in [0.25, 0.3) is 5.91 Å². The van der Waals surface area contributed by atoms with E-state index in [9.17, 15) is 18.0 Å². The number of amides is 2. The highest BCUT2D eigenvalue weighted by Crippen LogP contribution is 2.27. The molecule has 32 heavy (non-hydrogen) atoms. The molecular weight excluding hydrogens is 450 g/mol. The molecular formula is C23H26ClN3O4S. The van der Waals surface area contributed by atoms with E-state index in [1.165, 1.54) is 16.4 Å². The standard InChI is InChI=1S/C23H26ClN3O4S/c24-18-7-9-19(10-8-18)32(30,31)27-15-11-17(12-16-27)22(28)25-21-6-2-1-5-20(21)23(29)26-13-3-4-14-26/h1-2,5-10,17H,3-4,11-16H2,(H,25,28). The molecule has 2 fully saturated rings. The van der Waals surface area contributed by atoms with E-state index in [-0.39, 0.29) is 35.7 Å². The lowest BCUT2D eigenvalue weighted by molar-refractivity contribution is -0.120. The lowest BCUT2D eigenvalue weighted by Gasteiger charge is -2.30. The number of nitrogens with zero attached hydrogens (tertiary/aromatic N) is 2. The van der Waals surface area contributed by atoms with Crippen molar-refractivity contribution in [2.24, 2.45) is 5.92 Å². The van der Waals surface area contributed by atoms with Gasteiger partial charge in [-0.3, -0.25) is 9.59 Å². The fourth-order valence-corrected chi connectivity index (χ4v) is 5.81. The van der Waals surface area contributed by atoms with Crippen LogP contribution in [-0.2, 0) is 14.8 Å². The summed E-state index contributed by atoms with van der Waals surface area (Å²) in [6.07, 6.45) is 2.83. The van der Waals surface area contributed by atoms with Gasteiger partial charge in [0.15, 0.2) is 0 Å². The molecule has 7 nitrogen and oxygen atoms in total. The van der Waals surface area contributed by atoms with E-state index >= 15 is 0 Å². The number of anilines is 1. The Bertz CT molecular complexity index is 1090. The molecule has 1 N–H and O–H groups in total. The number of para-hydroxylation sites is 1. The van der Waals surface area contributed by atoms with Crippen LogP contribution in [0.4, 0.5) is 5.69 Å². The van der Waals surface area contributed by atoms with Crippen LogP contribution in [0.25, 0.3) is 0 Å². The first-order valence-corrected chi connectivity index (χ1v) is 12.6. The summed E-state index contributed by atoms with van der Waals surface area (Å²) < 4.78 is 27.1. The van der Waals surface area contributed by atoms with Crippen molar-refractivity contribution in [3.05, 3.63) is 59.1 Å². The monoisotopic (exact) mass is 475 g/mol. The molecule has 2 saturated heterocycles. The SMILES string of the molecule is O=C(Nc1ccccc1C(=O)N1CCCC1)C1CCN(S(=O)(=O)c2ccc(Cl)cc2)CC1. The van der Waals surface area contributed by atoms with E-state index in [0.717, 1.165) is 25.9 Å². The third kappa shape index (κ3) is 4.82. The highest BCUT2D eigenvalue weighted by Gasteiger charge is 2.32. The molecule has 2 aromatic rings. The Hall–Kier alpha value is -2.42. The number of hydrogen-bond donors (Lipinski definition) is 1. The molecule has 0 saturated carbocycles. The molecule has 0 unspecified atom stereocenters. The van der Waals surface area contributed by atoms with Gasteiger partial charge >= 0.3 is 0 Å². The second-order valence-electron chi connectivity index (χ2n) is 8.17. The van der Waals surface area contributed by atoms with Crippen molar-refractivity contribution in [3.63, 3.8) is 0 Å². The molecule has 2 aromatic carbocycles. The molecule has 170 valence electrons. The Kier molecular flexibility index (Phi) is 6.83. The van der Waals surface area contributed by atoms with Crippen LogP contribution >= 0.6 is 11.6 Å². The third-order valence-corrected chi connectivity index (χ3v) is 8.25. The fourth-order valence-electron chi connectivity index (χ4n) is 4.22. The van der Waals surface area contributed by atoms with E-state index < -0.39 is 10.0 Å². The molecule has 4 rings (SSSR count). The van der Waals surface area contributed by atoms with Crippen molar-refractivity contribution in [1.82, 2.24) is 9.21 Å². The lowest BCUT2D eigenvalue weighted by Crippen LogP contribution is -2.41. The quantitative estimate of drug-likeness (QED) is 0.715. The smallest absolute Gasteiger partial charge is 0.255 e. The van der Waals surface area contributed by atoms with Crippen molar-refractivity contribution in [2.45, 2.75) is 30.6 Å². The van der Waals surface area contributed by atoms with Crippen molar-refractivity contribution in [2.75, 3.05) is 31.5 Å². The maximum absolute atomic E-state index is 12.9. The van der Waals surface area contributed by atoms with Crippen LogP contribution in [0.1, 0.15) is 36.0 Å². The number of nitrogens with one attached hydrogen (secondary N) is 1. The molecule has 0 radical (unpaired) electrons. The summed E-state index contributed by atoms with van der Waals surface area (Å²) in [7, 11) is -3.62. The fraction of sp³-hybridized carbons (Fsp3) is 0.391. The molecule has 9 heteroatoms. The number of carbonyl (C=O) groups excluding carboxylic acids is 2. The van der Waals surface area contributed by atoms with Crippen molar-refractivity contribution < 1.29 is 18.0 Å². The molecule has 0 aromatic heterocycles. The number of likely N-dealkylation sites (tertiary alicyclic amines) is 1. The molecule has 2 amide bonds. The zero-order valence-corrected chi connectivity index (χ0v) is 19.2. The number of sulfonamides is 1. The maximum Gasteiger partial charge on any atom is 0.255 e. The first-order valence-electron chi connectivity index (χ1n) is 10.8. The Morgan fingerprint density at radius 1 is 0.906 bits per heavy atom. The number of hydrogen-bond acceptors (Lipinski definition) is 4. The summed E-state index contributed by atoms with van der Waals surface area (Å²) in [6, 6.07) is 13.1. The summed E-state index contributed by atoms with van der Waals surface area (Å²) in [4.78, 5) is 27.7. The zero-order valence-electron chi connectivity index (χ0n) is 17.7. The van der Waals surface area contributed by atoms with Gasteiger partial charge in [-0.2, -0.15) is 4.31 Å². The minimum atomic E-state index is -3.62. The van der Waals surface area contributed by atoms with Gasteiger partial charge in [-0.15, -0.1) is 0 Å². The first-order chi connectivity index (χ1) is 15.4. The van der Waals surface area contributed by atoms with Crippen LogP contribution in [0, 0.1) is 5.92 Å². The minimum Gasteiger partial charge on any atom is -0.339 e. The average molecular weight is 476 g/mol. The van der Waals surface area contributed by atoms with Crippen LogP contribution in [0.15, 0.2) is 53.4 Å². The number of carbonyl (C=O) groups is 2. The first kappa shape index (κ1) is 22.8. The molecule has 2 heterocycles. The van der Waals surface area contributed by atoms with Crippen LogP contribution < -0.4 is 5.32 Å². The van der Waals surface area contributed by atoms with Gasteiger partial charge in [0.05, 0.1) is 16.1 Å². The summed E-state index contributed by atoms with van der Waals surface area (Å²) >= 11 is 5.86. The van der Waals surface area contributed by atoms with E-state index in [1.807, 2.05) is 4.90 Å². The largest absolute Gasteiger partial charge is 0.339 e. The predicted octanol–water partition coefficient (Wildman–Crippen LogP) is 3.62. The highest BCUT2D eigenvalue weighted by atomic mass is 35.5. The van der Waals surface area contributed by atoms with Crippen LogP contribution in [0.3, 0.4) is 0 Å². The van der Waals surface area contributed by atoms with Crippen molar-refractivity contribution >= 4 is 39.1 Å². The van der Waals surface area contributed by atoms with Gasteiger partial charge in [0.2, 0.25) is 15.9 Å². The molecule has 2 aliphatic rings. The van der Waals surface area contributed by atoms with Crippen LogP contribution in [-0.4, -0.2) is 55.6 Å². The highest BCUT2D eigenvalue weighted by molar-refractivity contribution is 7.89. The molecule has 0 spiro atoms. The molecule has 0 aliphatic carbocycles. The predicted molar refractivity (Wildman–Crippen MR) is 123 cm³/mol. The zero-order chi connectivity index (χ0) is 22.7. The topological polar surface area (TPSA) is 86.8 Å². The van der Waals surface area contributed by atoms with Gasteiger partial charge in [-0.05, 0) is 62.1 Å². The summed E-state index contributed by atoms with van der Waals surface area (Å²) in [5.41, 5.74) is 0.996. The van der Waals surface area contributed by atoms with E-state index in [4.69, 9.17) is 11.6 Å². The van der Waals surface area contributed by atoms with E-state index in [1.54, 1.807) is 36.4 Å². The van der Waals surface area contributed by atoms with E-state index in [2.05, 4.69) is 5.32 Å². The second-order valence-corrected chi connectivity index (χ2v) is 10.5. The summed E-state index contributed by atoms with van der Waals surface area (Å²) in [5.74, 6) is -0.570. The number of halogens is 1. The van der Waals surface area contributed by atoms with Gasteiger partial charge in [-0.25, -0.2) is 8.42 Å². The van der Waals surface area contributed by atoms with E-state index in [0.29, 0.717) is 29.1 Å². The maximum atomic E-state index is 12.9. The Morgan fingerprint density at radius 3 is 2.19 bits per heavy atom. The average Bonchev–Trinajstić information content (AvgIpc) is 3.34. The third-order valence-electron chi connectivity index (χ3n) is 6.08. The Morgan fingerprint density at radius 2 is 1.53 bits per heavy atom. The van der Waals surface area contributed by atoms with Gasteiger partial charge in [0, 0.05) is 37.1 Å². The number of rotatable bonds is 5. The number of piperidine rings is 1. The van der Waals surface area contributed by atoms with Crippen molar-refractivity contribution in [1.29, 1.82) is 0 Å². The lowest BCUT2D eigenvalue weighted by atomic mass is 9.97. The summed E-state index contributed by atoms with van der Waals surface area (Å²) in [6.45, 7) is 2.00. The van der Waals surface area contributed by atoms with Crippen LogP contribution in [0.5, 0.6) is 0 Å². The van der Waals surface area contributed by atoms with Crippen LogP contribution in [0.2, 0.25) is 5.02 Å². The molecule has 0 bridgehead atoms. The second kappa shape index (κ2) is 9.60. The normalized spacial score (nSPS) is 18.0. The Labute approximate surface area is 193 Å². The van der Waals surface area contributed by atoms with Gasteiger partial charge in [0.1, 0.15) is 0 Å². The Balaban J connectivity index is 1.39. The molecule has 2 aliphatic heterocycles. The van der Waals surface area contributed by atoms with Gasteiger partial charge in [-0.1, -0.05) is 23.7 Å². The molecule has 0 atom stereocenters. The minimum absolute atomic E-state index is 0.0673. The summed E-state index contributed by atoms with van der Waals surface area (Å²) in [5, 5.41) is 3.38. The van der Waals surface area contributed by atoms with Crippen molar-refractivity contribution in [3.8, 4) is 0 Å². The number of benzene rings is 2. The van der Waals surface area contributed by atoms with Gasteiger partial charge < -0.3 is 10.2 Å².